The van der Waals surface area contributed by atoms with Crippen molar-refractivity contribution in [3.63, 3.8) is 0 Å². The average Bonchev–Trinajstić information content (AvgIpc) is 3.20. The normalized spacial score (nSPS) is 21.8. The van der Waals surface area contributed by atoms with Crippen LogP contribution in [0, 0.1) is 0 Å². The summed E-state index contributed by atoms with van der Waals surface area (Å²) in [5.41, 5.74) is -0.0824. The Kier molecular flexibility index (Phi) is 4.62. The summed E-state index contributed by atoms with van der Waals surface area (Å²) >= 11 is 0. The Morgan fingerprint density at radius 3 is 2.88 bits per heavy atom. The first-order valence-corrected chi connectivity index (χ1v) is 8.01. The van der Waals surface area contributed by atoms with Gasteiger partial charge in [0, 0.05) is 26.3 Å². The minimum Gasteiger partial charge on any atom is -0.454 e. The molecule has 1 saturated heterocycles. The van der Waals surface area contributed by atoms with Crippen molar-refractivity contribution in [2.45, 2.75) is 24.8 Å². The molecule has 7 nitrogen and oxygen atoms in total. The quantitative estimate of drug-likeness (QED) is 0.875. The molecular formula is C17H22N2O5. The van der Waals surface area contributed by atoms with Gasteiger partial charge in [0.1, 0.15) is 0 Å². The minimum absolute atomic E-state index is 0.0996. The van der Waals surface area contributed by atoms with Gasteiger partial charge in [-0.3, -0.25) is 9.59 Å². The Morgan fingerprint density at radius 1 is 1.33 bits per heavy atom. The highest BCUT2D eigenvalue weighted by Gasteiger charge is 2.45. The second kappa shape index (κ2) is 6.68. The van der Waals surface area contributed by atoms with Gasteiger partial charge in [-0.25, -0.2) is 0 Å². The Bertz CT molecular complexity index is 648. The molecule has 24 heavy (non-hydrogen) atoms. The number of methoxy groups -OCH3 is 1. The van der Waals surface area contributed by atoms with E-state index in [-0.39, 0.29) is 25.0 Å². The molecule has 0 bridgehead atoms. The van der Waals surface area contributed by atoms with Crippen LogP contribution in [0.4, 0.5) is 0 Å². The molecule has 1 aromatic rings. The number of nitrogens with one attached hydrogen (secondary N) is 1. The molecule has 0 unspecified atom stereocenters. The maximum absolute atomic E-state index is 13.0. The zero-order valence-corrected chi connectivity index (χ0v) is 14.0. The van der Waals surface area contributed by atoms with Gasteiger partial charge in [0.2, 0.25) is 12.7 Å². The molecule has 0 radical (unpaired) electrons. The van der Waals surface area contributed by atoms with Crippen LogP contribution in [0.5, 0.6) is 11.5 Å². The highest BCUT2D eigenvalue weighted by Crippen LogP contribution is 2.37. The van der Waals surface area contributed by atoms with Gasteiger partial charge in [-0.05, 0) is 31.0 Å². The van der Waals surface area contributed by atoms with Crippen molar-refractivity contribution >= 4 is 11.8 Å². The number of hydrogen-bond acceptors (Lipinski definition) is 5. The summed E-state index contributed by atoms with van der Waals surface area (Å²) in [5, 5.41) is 2.64. The van der Waals surface area contributed by atoms with E-state index in [1.165, 1.54) is 0 Å². The predicted octanol–water partition coefficient (Wildman–Crippen LogP) is 1.17. The summed E-state index contributed by atoms with van der Waals surface area (Å²) < 4.78 is 16.0. The Morgan fingerprint density at radius 2 is 2.12 bits per heavy atom. The number of amides is 2. The third-order valence-corrected chi connectivity index (χ3v) is 4.64. The molecular weight excluding hydrogens is 312 g/mol. The molecule has 0 saturated carbocycles. The molecule has 2 aliphatic rings. The zero-order valence-electron chi connectivity index (χ0n) is 14.0. The monoisotopic (exact) mass is 334 g/mol. The fourth-order valence-electron chi connectivity index (χ4n) is 3.48. The van der Waals surface area contributed by atoms with E-state index >= 15 is 0 Å². The van der Waals surface area contributed by atoms with Crippen molar-refractivity contribution in [3.05, 3.63) is 23.8 Å². The van der Waals surface area contributed by atoms with Gasteiger partial charge in [-0.15, -0.1) is 0 Å². The summed E-state index contributed by atoms with van der Waals surface area (Å²) in [7, 11) is 3.19. The summed E-state index contributed by atoms with van der Waals surface area (Å²) in [6.45, 7) is 1.10. The summed E-state index contributed by atoms with van der Waals surface area (Å²) in [5.74, 6) is 0.995. The number of nitrogens with zero attached hydrogens (tertiary/aromatic N) is 1. The third kappa shape index (κ3) is 2.91. The van der Waals surface area contributed by atoms with Crippen LogP contribution in [0.25, 0.3) is 0 Å². The van der Waals surface area contributed by atoms with E-state index in [0.717, 1.165) is 12.8 Å². The second-order valence-corrected chi connectivity index (χ2v) is 6.14. The van der Waals surface area contributed by atoms with Crippen molar-refractivity contribution in [1.82, 2.24) is 10.2 Å². The topological polar surface area (TPSA) is 77.1 Å². The average molecular weight is 334 g/mol. The molecule has 3 rings (SSSR count). The van der Waals surface area contributed by atoms with Crippen molar-refractivity contribution in [3.8, 4) is 11.5 Å². The highest BCUT2D eigenvalue weighted by molar-refractivity contribution is 5.96. The summed E-state index contributed by atoms with van der Waals surface area (Å²) in [6, 6.07) is 5.16. The molecule has 1 N–H and O–H groups in total. The first-order valence-electron chi connectivity index (χ1n) is 8.01. The van der Waals surface area contributed by atoms with Crippen molar-refractivity contribution in [2.24, 2.45) is 0 Å². The number of carbonyl (C=O) groups excluding carboxylic acids is 2. The summed E-state index contributed by atoms with van der Waals surface area (Å²) in [4.78, 5) is 26.8. The molecule has 0 aliphatic carbocycles. The Balaban J connectivity index is 1.87. The molecule has 0 aromatic heterocycles. The van der Waals surface area contributed by atoms with Gasteiger partial charge < -0.3 is 24.4 Å². The van der Waals surface area contributed by atoms with E-state index in [9.17, 15) is 9.59 Å². The van der Waals surface area contributed by atoms with E-state index < -0.39 is 5.54 Å². The van der Waals surface area contributed by atoms with Gasteiger partial charge in [0.05, 0.1) is 18.6 Å². The van der Waals surface area contributed by atoms with Crippen LogP contribution in [-0.4, -0.2) is 56.4 Å². The number of carbonyl (C=O) groups is 2. The number of benzene rings is 1. The Hall–Kier alpha value is -2.28. The number of rotatable bonds is 5. The SMILES string of the molecule is CNC(=O)C[C@]1(COC)CCCN1C(=O)c1ccc2c(c1)OCO2. The smallest absolute Gasteiger partial charge is 0.254 e. The van der Waals surface area contributed by atoms with E-state index in [2.05, 4.69) is 5.32 Å². The lowest BCUT2D eigenvalue weighted by Gasteiger charge is -2.37. The molecule has 2 aliphatic heterocycles. The van der Waals surface area contributed by atoms with E-state index in [0.29, 0.717) is 30.2 Å². The lowest BCUT2D eigenvalue weighted by Crippen LogP contribution is -2.52. The minimum atomic E-state index is -0.609. The van der Waals surface area contributed by atoms with E-state index in [4.69, 9.17) is 14.2 Å². The third-order valence-electron chi connectivity index (χ3n) is 4.64. The second-order valence-electron chi connectivity index (χ2n) is 6.14. The van der Waals surface area contributed by atoms with Gasteiger partial charge in [-0.2, -0.15) is 0 Å². The van der Waals surface area contributed by atoms with Crippen LogP contribution < -0.4 is 14.8 Å². The fourth-order valence-corrected chi connectivity index (χ4v) is 3.48. The van der Waals surface area contributed by atoms with Gasteiger partial charge >= 0.3 is 0 Å². The lowest BCUT2D eigenvalue weighted by atomic mass is 9.91. The number of fused-ring (bicyclic) bond motifs is 1. The standard InChI is InChI=1S/C17H22N2O5/c1-18-15(20)9-17(10-22-2)6-3-7-19(17)16(21)12-4-5-13-14(8-12)24-11-23-13/h4-5,8H,3,6-7,9-11H2,1-2H3,(H,18,20)/t17-/m0/s1. The zero-order chi connectivity index (χ0) is 17.2. The number of ether oxygens (including phenoxy) is 3. The van der Waals surface area contributed by atoms with Crippen LogP contribution in [0.15, 0.2) is 18.2 Å². The molecule has 1 aromatic carbocycles. The molecule has 1 atom stereocenters. The molecule has 2 amide bonds. The van der Waals surface area contributed by atoms with Gasteiger partial charge in [-0.1, -0.05) is 0 Å². The van der Waals surface area contributed by atoms with E-state index in [1.54, 1.807) is 37.3 Å². The Labute approximate surface area is 140 Å². The first kappa shape index (κ1) is 16.6. The van der Waals surface area contributed by atoms with Crippen LogP contribution in [-0.2, 0) is 9.53 Å². The van der Waals surface area contributed by atoms with Crippen LogP contribution >= 0.6 is 0 Å². The summed E-state index contributed by atoms with van der Waals surface area (Å²) in [6.07, 6.45) is 1.81. The maximum Gasteiger partial charge on any atom is 0.254 e. The largest absolute Gasteiger partial charge is 0.454 e. The van der Waals surface area contributed by atoms with Crippen LogP contribution in [0.2, 0.25) is 0 Å². The molecule has 1 fully saturated rings. The van der Waals surface area contributed by atoms with Gasteiger partial charge in [0.15, 0.2) is 11.5 Å². The fraction of sp³-hybridized carbons (Fsp3) is 0.529. The number of hydrogen-bond donors (Lipinski definition) is 1. The van der Waals surface area contributed by atoms with Crippen molar-refractivity contribution in [2.75, 3.05) is 34.1 Å². The van der Waals surface area contributed by atoms with Crippen LogP contribution in [0.3, 0.4) is 0 Å². The lowest BCUT2D eigenvalue weighted by molar-refractivity contribution is -0.123. The van der Waals surface area contributed by atoms with Crippen molar-refractivity contribution < 1.29 is 23.8 Å². The number of likely N-dealkylation sites (tertiary alicyclic amines) is 1. The van der Waals surface area contributed by atoms with E-state index in [1.807, 2.05) is 0 Å². The molecule has 0 spiro atoms. The van der Waals surface area contributed by atoms with Crippen LogP contribution in [0.1, 0.15) is 29.6 Å². The predicted molar refractivity (Wildman–Crippen MR) is 86.1 cm³/mol. The highest BCUT2D eigenvalue weighted by atomic mass is 16.7. The molecule has 7 heteroatoms. The van der Waals surface area contributed by atoms with Gasteiger partial charge in [0.25, 0.3) is 5.91 Å². The maximum atomic E-state index is 13.0. The molecule has 2 heterocycles. The first-order chi connectivity index (χ1) is 11.6. The van der Waals surface area contributed by atoms with Crippen molar-refractivity contribution in [1.29, 1.82) is 0 Å². The molecule has 130 valence electrons.